The van der Waals surface area contributed by atoms with Crippen molar-refractivity contribution >= 4 is 28.4 Å². The van der Waals surface area contributed by atoms with Crippen molar-refractivity contribution < 1.29 is 18.3 Å². The van der Waals surface area contributed by atoms with Crippen molar-refractivity contribution in [3.05, 3.63) is 71.5 Å². The number of thioether (sulfide) groups is 1. The van der Waals surface area contributed by atoms with Crippen LogP contribution < -0.4 is 4.74 Å². The molecule has 0 bridgehead atoms. The van der Waals surface area contributed by atoms with Crippen LogP contribution in [0.5, 0.6) is 5.75 Å². The lowest BCUT2D eigenvalue weighted by atomic mass is 10.1. The van der Waals surface area contributed by atoms with E-state index in [2.05, 4.69) is 15.2 Å². The van der Waals surface area contributed by atoms with Gasteiger partial charge in [0.1, 0.15) is 11.6 Å². The number of carbonyl (C=O) groups excluding carboxylic acids is 1. The number of para-hydroxylation sites is 1. The van der Waals surface area contributed by atoms with E-state index in [9.17, 15) is 9.18 Å². The van der Waals surface area contributed by atoms with E-state index in [1.807, 2.05) is 38.1 Å². The molecule has 4 aromatic rings. The maximum absolute atomic E-state index is 13.1. The first kappa shape index (κ1) is 20.2. The van der Waals surface area contributed by atoms with Crippen molar-refractivity contribution in [3.63, 3.8) is 0 Å². The van der Waals surface area contributed by atoms with E-state index in [1.54, 1.807) is 6.92 Å². The van der Waals surface area contributed by atoms with Gasteiger partial charge in [0, 0.05) is 22.2 Å². The first-order chi connectivity index (χ1) is 14.4. The Morgan fingerprint density at radius 3 is 2.63 bits per heavy atom. The van der Waals surface area contributed by atoms with E-state index >= 15 is 0 Å². The lowest BCUT2D eigenvalue weighted by molar-refractivity contribution is 0.0994. The lowest BCUT2D eigenvalue weighted by Crippen LogP contribution is -2.14. The summed E-state index contributed by atoms with van der Waals surface area (Å²) >= 11 is 1.20. The number of benzene rings is 2. The summed E-state index contributed by atoms with van der Waals surface area (Å²) < 4.78 is 24.4. The molecule has 2 aromatic heterocycles. The number of hydrogen-bond acceptors (Lipinski definition) is 6. The third-order valence-corrected chi connectivity index (χ3v) is 5.62. The minimum atomic E-state index is -0.515. The fourth-order valence-electron chi connectivity index (χ4n) is 3.20. The largest absolute Gasteiger partial charge is 0.481 e. The minimum Gasteiger partial charge on any atom is -0.481 e. The predicted octanol–water partition coefficient (Wildman–Crippen LogP) is 5.50. The Morgan fingerprint density at radius 1 is 1.13 bits per heavy atom. The number of ether oxygens (including phenoxy) is 1. The fourth-order valence-corrected chi connectivity index (χ4v) is 3.95. The van der Waals surface area contributed by atoms with Crippen molar-refractivity contribution in [2.45, 2.75) is 37.3 Å². The number of aromatic nitrogens is 3. The van der Waals surface area contributed by atoms with E-state index in [0.29, 0.717) is 11.3 Å². The average Bonchev–Trinajstić information content (AvgIpc) is 3.32. The second kappa shape index (κ2) is 8.31. The van der Waals surface area contributed by atoms with Crippen LogP contribution in [0.15, 0.2) is 58.2 Å². The SMILES string of the molecule is Cc1[nH]c2ccccc2c1C(=O)[C@@H](C)Sc1nnc([C@H](C)Oc2ccc(F)cc2)o1. The molecule has 0 aliphatic heterocycles. The molecule has 30 heavy (non-hydrogen) atoms. The van der Waals surface area contributed by atoms with Crippen LogP contribution in [0.1, 0.15) is 41.9 Å². The summed E-state index contributed by atoms with van der Waals surface area (Å²) in [6.45, 7) is 5.47. The van der Waals surface area contributed by atoms with Crippen molar-refractivity contribution in [2.24, 2.45) is 0 Å². The lowest BCUT2D eigenvalue weighted by Gasteiger charge is -2.10. The summed E-state index contributed by atoms with van der Waals surface area (Å²) in [5.41, 5.74) is 2.45. The molecular weight excluding hydrogens is 405 g/mol. The Labute approximate surface area is 176 Å². The van der Waals surface area contributed by atoms with E-state index < -0.39 is 11.4 Å². The number of fused-ring (bicyclic) bond motifs is 1. The van der Waals surface area contributed by atoms with Crippen molar-refractivity contribution in [1.29, 1.82) is 0 Å². The molecule has 0 unspecified atom stereocenters. The predicted molar refractivity (Wildman–Crippen MR) is 112 cm³/mol. The van der Waals surface area contributed by atoms with Gasteiger partial charge in [0.05, 0.1) is 5.25 Å². The summed E-state index contributed by atoms with van der Waals surface area (Å²) in [5, 5.41) is 8.83. The zero-order valence-electron chi connectivity index (χ0n) is 16.7. The third-order valence-electron chi connectivity index (χ3n) is 4.68. The molecule has 0 fully saturated rings. The number of aromatic amines is 1. The highest BCUT2D eigenvalue weighted by molar-refractivity contribution is 8.00. The molecule has 8 heteroatoms. The highest BCUT2D eigenvalue weighted by Gasteiger charge is 2.25. The normalized spacial score (nSPS) is 13.3. The Balaban J connectivity index is 1.45. The minimum absolute atomic E-state index is 0.00897. The summed E-state index contributed by atoms with van der Waals surface area (Å²) in [6, 6.07) is 13.4. The van der Waals surface area contributed by atoms with E-state index in [-0.39, 0.29) is 22.7 Å². The van der Waals surface area contributed by atoms with E-state index in [0.717, 1.165) is 16.6 Å². The molecular formula is C22H20FN3O3S. The number of nitrogens with zero attached hydrogens (tertiary/aromatic N) is 2. The molecule has 0 saturated carbocycles. The van der Waals surface area contributed by atoms with Gasteiger partial charge in [-0.2, -0.15) is 0 Å². The molecule has 2 atom stereocenters. The Morgan fingerprint density at radius 2 is 1.87 bits per heavy atom. The number of Topliss-reactive ketones (excluding diaryl/α,β-unsaturated/α-hetero) is 1. The van der Waals surface area contributed by atoms with Gasteiger partial charge in [-0.15, -0.1) is 10.2 Å². The second-order valence-electron chi connectivity index (χ2n) is 6.92. The van der Waals surface area contributed by atoms with Gasteiger partial charge in [0.25, 0.3) is 11.1 Å². The number of rotatable bonds is 7. The van der Waals surface area contributed by atoms with Crippen LogP contribution in [0.2, 0.25) is 0 Å². The number of H-pyrrole nitrogens is 1. The number of hydrogen-bond donors (Lipinski definition) is 1. The average molecular weight is 425 g/mol. The van der Waals surface area contributed by atoms with Gasteiger partial charge in [-0.1, -0.05) is 30.0 Å². The van der Waals surface area contributed by atoms with Crippen LogP contribution in [0.3, 0.4) is 0 Å². The zero-order chi connectivity index (χ0) is 21.3. The highest BCUT2D eigenvalue weighted by atomic mass is 32.2. The molecule has 0 aliphatic carbocycles. The maximum atomic E-state index is 13.1. The van der Waals surface area contributed by atoms with Crippen LogP contribution >= 0.6 is 11.8 Å². The van der Waals surface area contributed by atoms with Gasteiger partial charge in [-0.05, 0) is 51.1 Å². The molecule has 2 aromatic carbocycles. The fraction of sp³-hybridized carbons (Fsp3) is 0.227. The number of ketones is 1. The maximum Gasteiger partial charge on any atom is 0.277 e. The first-order valence-electron chi connectivity index (χ1n) is 9.46. The van der Waals surface area contributed by atoms with Crippen LogP contribution in [0.4, 0.5) is 4.39 Å². The molecule has 154 valence electrons. The van der Waals surface area contributed by atoms with Crippen LogP contribution in [-0.4, -0.2) is 26.2 Å². The standard InChI is InChI=1S/C22H20FN3O3S/c1-12-19(17-6-4-5-7-18(17)24-12)20(27)14(3)30-22-26-25-21(29-22)13(2)28-16-10-8-15(23)9-11-16/h4-11,13-14,24H,1-3H3/t13-,14+/m0/s1. The van der Waals surface area contributed by atoms with Crippen molar-refractivity contribution in [3.8, 4) is 5.75 Å². The van der Waals surface area contributed by atoms with Gasteiger partial charge in [-0.25, -0.2) is 4.39 Å². The summed E-state index contributed by atoms with van der Waals surface area (Å²) in [4.78, 5) is 16.3. The third kappa shape index (κ3) is 4.09. The second-order valence-corrected chi connectivity index (χ2v) is 8.21. The van der Waals surface area contributed by atoms with Crippen LogP contribution in [0, 0.1) is 12.7 Å². The molecule has 0 aliphatic rings. The molecule has 1 N–H and O–H groups in total. The topological polar surface area (TPSA) is 81.0 Å². The molecule has 6 nitrogen and oxygen atoms in total. The first-order valence-corrected chi connectivity index (χ1v) is 10.3. The highest BCUT2D eigenvalue weighted by Crippen LogP contribution is 2.30. The molecule has 0 saturated heterocycles. The van der Waals surface area contributed by atoms with E-state index in [1.165, 1.54) is 36.0 Å². The van der Waals surface area contributed by atoms with Crippen molar-refractivity contribution in [1.82, 2.24) is 15.2 Å². The number of nitrogens with one attached hydrogen (secondary N) is 1. The number of halogens is 1. The number of carbonyl (C=O) groups is 1. The zero-order valence-corrected chi connectivity index (χ0v) is 17.5. The molecule has 0 radical (unpaired) electrons. The Bertz CT molecular complexity index is 1190. The van der Waals surface area contributed by atoms with Crippen LogP contribution in [-0.2, 0) is 0 Å². The molecule has 0 spiro atoms. The quantitative estimate of drug-likeness (QED) is 0.311. The molecule has 2 heterocycles. The summed E-state index contributed by atoms with van der Waals surface area (Å²) in [7, 11) is 0. The van der Waals surface area contributed by atoms with Gasteiger partial charge < -0.3 is 14.1 Å². The Kier molecular flexibility index (Phi) is 5.59. The smallest absolute Gasteiger partial charge is 0.277 e. The summed E-state index contributed by atoms with van der Waals surface area (Å²) in [5.74, 6) is 0.431. The molecule has 4 rings (SSSR count). The van der Waals surface area contributed by atoms with Crippen LogP contribution in [0.25, 0.3) is 10.9 Å². The Hall–Kier alpha value is -3.13. The van der Waals surface area contributed by atoms with E-state index in [4.69, 9.17) is 9.15 Å². The monoisotopic (exact) mass is 425 g/mol. The van der Waals surface area contributed by atoms with Gasteiger partial charge in [0.15, 0.2) is 11.9 Å². The van der Waals surface area contributed by atoms with Crippen molar-refractivity contribution in [2.75, 3.05) is 0 Å². The molecule has 0 amide bonds. The number of aryl methyl sites for hydroxylation is 1. The van der Waals surface area contributed by atoms with Gasteiger partial charge in [0.2, 0.25) is 0 Å². The van der Waals surface area contributed by atoms with Gasteiger partial charge in [-0.3, -0.25) is 4.79 Å². The van der Waals surface area contributed by atoms with Gasteiger partial charge >= 0.3 is 0 Å². The summed E-state index contributed by atoms with van der Waals surface area (Å²) in [6.07, 6.45) is -0.515.